The second-order valence-corrected chi connectivity index (χ2v) is 3.29. The van der Waals surface area contributed by atoms with E-state index < -0.39 is 12.0 Å². The van der Waals surface area contributed by atoms with Crippen LogP contribution in [-0.4, -0.2) is 22.1 Å². The number of carbonyl (C=O) groups is 1. The minimum absolute atomic E-state index is 0.302. The fraction of sp³-hybridized carbons (Fsp3) is 0.333. The van der Waals surface area contributed by atoms with Crippen molar-refractivity contribution in [2.24, 2.45) is 5.73 Å². The summed E-state index contributed by atoms with van der Waals surface area (Å²) >= 11 is 0. The minimum Gasteiger partial charge on any atom is -0.480 e. The molecular weight excluding hydrogens is 196 g/mol. The van der Waals surface area contributed by atoms with Gasteiger partial charge in [-0.1, -0.05) is 0 Å². The summed E-state index contributed by atoms with van der Waals surface area (Å²) in [6.45, 7) is 0. The normalized spacial score (nSPS) is 12.3. The first-order chi connectivity index (χ1) is 7.00. The molecule has 0 aliphatic rings. The highest BCUT2D eigenvalue weighted by Crippen LogP contribution is 2.14. The van der Waals surface area contributed by atoms with Crippen molar-refractivity contribution in [2.45, 2.75) is 18.9 Å². The molecule has 82 valence electrons. The van der Waals surface area contributed by atoms with Crippen molar-refractivity contribution < 1.29 is 9.90 Å². The van der Waals surface area contributed by atoms with Gasteiger partial charge in [0.15, 0.2) is 0 Å². The van der Waals surface area contributed by atoms with E-state index in [2.05, 4.69) is 4.98 Å². The maximum atomic E-state index is 10.5. The molecule has 6 nitrogen and oxygen atoms in total. The fourth-order valence-corrected chi connectivity index (χ4v) is 1.15. The molecule has 6 heteroatoms. The van der Waals surface area contributed by atoms with Gasteiger partial charge in [-0.2, -0.15) is 0 Å². The predicted octanol–water partition coefficient (Wildman–Crippen LogP) is -0.409. The third-order valence-electron chi connectivity index (χ3n) is 2.03. The summed E-state index contributed by atoms with van der Waals surface area (Å²) in [6.07, 6.45) is 2.22. The molecule has 0 bridgehead atoms. The minimum atomic E-state index is -1.02. The Hall–Kier alpha value is -1.82. The summed E-state index contributed by atoms with van der Waals surface area (Å²) in [4.78, 5) is 14.5. The molecule has 0 radical (unpaired) electrons. The van der Waals surface area contributed by atoms with Gasteiger partial charge in [-0.15, -0.1) is 0 Å². The lowest BCUT2D eigenvalue weighted by atomic mass is 10.1. The van der Waals surface area contributed by atoms with Crippen LogP contribution in [0.3, 0.4) is 0 Å². The van der Waals surface area contributed by atoms with E-state index >= 15 is 0 Å². The number of aryl methyl sites for hydroxylation is 1. The lowest BCUT2D eigenvalue weighted by Crippen LogP contribution is -2.30. The zero-order valence-corrected chi connectivity index (χ0v) is 8.18. The number of hydrogen-bond donors (Lipinski definition) is 4. The summed E-state index contributed by atoms with van der Waals surface area (Å²) in [6, 6.07) is 0.706. The smallest absolute Gasteiger partial charge is 0.320 e. The first-order valence-electron chi connectivity index (χ1n) is 4.49. The first kappa shape index (κ1) is 11.3. The molecule has 1 rings (SSSR count). The third-order valence-corrected chi connectivity index (χ3v) is 2.03. The summed E-state index contributed by atoms with van der Waals surface area (Å²) in [7, 11) is 0. The molecular formula is C9H14N4O2. The zero-order valence-electron chi connectivity index (χ0n) is 8.18. The average molecular weight is 210 g/mol. The van der Waals surface area contributed by atoms with Crippen molar-refractivity contribution in [3.05, 3.63) is 18.0 Å². The molecule has 1 unspecified atom stereocenters. The Kier molecular flexibility index (Phi) is 3.46. The standard InChI is InChI=1S/C9H14N4O2/c10-5-3-7(12)8(13-4-5)2-1-6(11)9(14)15/h3-4,6H,1-2,10-12H2,(H,14,15). The van der Waals surface area contributed by atoms with E-state index in [0.717, 1.165) is 0 Å². The number of aromatic nitrogens is 1. The Morgan fingerprint density at radius 2 is 2.20 bits per heavy atom. The first-order valence-corrected chi connectivity index (χ1v) is 4.49. The van der Waals surface area contributed by atoms with E-state index in [-0.39, 0.29) is 0 Å². The number of pyridine rings is 1. The van der Waals surface area contributed by atoms with Crippen LogP contribution < -0.4 is 17.2 Å². The lowest BCUT2D eigenvalue weighted by Gasteiger charge is -2.07. The van der Waals surface area contributed by atoms with Gasteiger partial charge in [0, 0.05) is 0 Å². The van der Waals surface area contributed by atoms with Gasteiger partial charge in [0.2, 0.25) is 0 Å². The number of hydrogen-bond acceptors (Lipinski definition) is 5. The van der Waals surface area contributed by atoms with Crippen LogP contribution in [0.25, 0.3) is 0 Å². The number of aliphatic carboxylic acids is 1. The highest BCUT2D eigenvalue weighted by Gasteiger charge is 2.12. The van der Waals surface area contributed by atoms with Gasteiger partial charge in [-0.05, 0) is 18.9 Å². The maximum Gasteiger partial charge on any atom is 0.320 e. The number of carboxylic acids is 1. The largest absolute Gasteiger partial charge is 0.480 e. The molecule has 7 N–H and O–H groups in total. The Labute approximate surface area is 87.1 Å². The zero-order chi connectivity index (χ0) is 11.4. The monoisotopic (exact) mass is 210 g/mol. The van der Waals surface area contributed by atoms with Crippen molar-refractivity contribution >= 4 is 17.3 Å². The molecule has 1 aromatic heterocycles. The summed E-state index contributed by atoms with van der Waals surface area (Å²) in [5.74, 6) is -1.02. The fourth-order valence-electron chi connectivity index (χ4n) is 1.15. The van der Waals surface area contributed by atoms with Crippen LogP contribution in [0.2, 0.25) is 0 Å². The van der Waals surface area contributed by atoms with E-state index in [1.165, 1.54) is 6.20 Å². The van der Waals surface area contributed by atoms with Crippen molar-refractivity contribution in [1.29, 1.82) is 0 Å². The van der Waals surface area contributed by atoms with Gasteiger partial charge >= 0.3 is 5.97 Å². The Morgan fingerprint density at radius 1 is 1.53 bits per heavy atom. The number of nitrogen functional groups attached to an aromatic ring is 2. The van der Waals surface area contributed by atoms with Gasteiger partial charge in [0.1, 0.15) is 6.04 Å². The quantitative estimate of drug-likeness (QED) is 0.534. The van der Waals surface area contributed by atoms with Gasteiger partial charge in [0.05, 0.1) is 23.3 Å². The SMILES string of the molecule is Nc1cnc(CCC(N)C(=O)O)c(N)c1. The molecule has 0 amide bonds. The Bertz CT molecular complexity index is 367. The summed E-state index contributed by atoms with van der Waals surface area (Å²) in [5.41, 5.74) is 18.1. The van der Waals surface area contributed by atoms with E-state index in [4.69, 9.17) is 22.3 Å². The van der Waals surface area contributed by atoms with Gasteiger partial charge in [0.25, 0.3) is 0 Å². The highest BCUT2D eigenvalue weighted by atomic mass is 16.4. The van der Waals surface area contributed by atoms with E-state index in [9.17, 15) is 4.79 Å². The second kappa shape index (κ2) is 4.61. The summed E-state index contributed by atoms with van der Waals surface area (Å²) < 4.78 is 0. The van der Waals surface area contributed by atoms with Crippen LogP contribution in [0.1, 0.15) is 12.1 Å². The second-order valence-electron chi connectivity index (χ2n) is 3.29. The number of nitrogens with zero attached hydrogens (tertiary/aromatic N) is 1. The van der Waals surface area contributed by atoms with Crippen molar-refractivity contribution in [3.8, 4) is 0 Å². The number of nitrogens with two attached hydrogens (primary N) is 3. The van der Waals surface area contributed by atoms with Gasteiger partial charge in [-0.25, -0.2) is 0 Å². The van der Waals surface area contributed by atoms with Crippen LogP contribution in [0.5, 0.6) is 0 Å². The molecule has 1 atom stereocenters. The highest BCUT2D eigenvalue weighted by molar-refractivity contribution is 5.73. The molecule has 1 aromatic rings. The van der Waals surface area contributed by atoms with Crippen molar-refractivity contribution in [3.63, 3.8) is 0 Å². The Morgan fingerprint density at radius 3 is 2.73 bits per heavy atom. The molecule has 0 aliphatic heterocycles. The van der Waals surface area contributed by atoms with Crippen molar-refractivity contribution in [1.82, 2.24) is 4.98 Å². The molecule has 0 fully saturated rings. The lowest BCUT2D eigenvalue weighted by molar-refractivity contribution is -0.138. The Balaban J connectivity index is 2.62. The molecule has 15 heavy (non-hydrogen) atoms. The third kappa shape index (κ3) is 3.10. The van der Waals surface area contributed by atoms with E-state index in [1.807, 2.05) is 0 Å². The molecule has 0 aromatic carbocycles. The molecule has 0 aliphatic carbocycles. The maximum absolute atomic E-state index is 10.5. The summed E-state index contributed by atoms with van der Waals surface area (Å²) in [5, 5.41) is 8.58. The topological polar surface area (TPSA) is 128 Å². The van der Waals surface area contributed by atoms with Gasteiger partial charge in [-0.3, -0.25) is 9.78 Å². The average Bonchev–Trinajstić information content (AvgIpc) is 2.15. The molecule has 0 saturated heterocycles. The molecule has 1 heterocycles. The van der Waals surface area contributed by atoms with Crippen LogP contribution in [0, 0.1) is 0 Å². The van der Waals surface area contributed by atoms with Crippen LogP contribution in [0.15, 0.2) is 12.3 Å². The number of anilines is 2. The number of rotatable bonds is 4. The number of carboxylic acid groups (broad SMARTS) is 1. The predicted molar refractivity (Wildman–Crippen MR) is 57.0 cm³/mol. The van der Waals surface area contributed by atoms with Crippen LogP contribution >= 0.6 is 0 Å². The van der Waals surface area contributed by atoms with Crippen LogP contribution in [0.4, 0.5) is 11.4 Å². The van der Waals surface area contributed by atoms with Crippen LogP contribution in [-0.2, 0) is 11.2 Å². The van der Waals surface area contributed by atoms with Gasteiger partial charge < -0.3 is 22.3 Å². The molecule has 0 saturated carbocycles. The van der Waals surface area contributed by atoms with E-state index in [1.54, 1.807) is 6.07 Å². The van der Waals surface area contributed by atoms with Crippen molar-refractivity contribution in [2.75, 3.05) is 11.5 Å². The molecule has 0 spiro atoms. The van der Waals surface area contributed by atoms with E-state index in [0.29, 0.717) is 29.9 Å².